The molecule has 0 saturated heterocycles. The Labute approximate surface area is 99.2 Å². The fourth-order valence-corrected chi connectivity index (χ4v) is 1.50. The van der Waals surface area contributed by atoms with E-state index in [1.54, 1.807) is 6.07 Å². The van der Waals surface area contributed by atoms with Crippen molar-refractivity contribution in [3.05, 3.63) is 33.9 Å². The highest BCUT2D eigenvalue weighted by molar-refractivity contribution is 5.83. The van der Waals surface area contributed by atoms with Crippen molar-refractivity contribution in [2.45, 2.75) is 6.92 Å². The van der Waals surface area contributed by atoms with Crippen LogP contribution in [0.3, 0.4) is 0 Å². The standard InChI is InChI=1S/C12H12N2O3/c1-3-7-13(4-2)11-5-6-12(14(16)17)10(8-11)9-15/h1,5-6,8-9H,4,7H2,2H3. The fraction of sp³-hybridized carbons (Fsp3) is 0.250. The normalized spacial score (nSPS) is 9.41. The lowest BCUT2D eigenvalue weighted by Crippen LogP contribution is -2.22. The number of aldehydes is 1. The molecule has 0 heterocycles. The molecule has 1 aromatic carbocycles. The van der Waals surface area contributed by atoms with E-state index in [0.717, 1.165) is 0 Å². The van der Waals surface area contributed by atoms with Gasteiger partial charge in [0.05, 0.1) is 17.0 Å². The van der Waals surface area contributed by atoms with Gasteiger partial charge in [0.15, 0.2) is 6.29 Å². The van der Waals surface area contributed by atoms with Gasteiger partial charge in [0.2, 0.25) is 0 Å². The summed E-state index contributed by atoms with van der Waals surface area (Å²) >= 11 is 0. The number of benzene rings is 1. The number of nitro benzene ring substituents is 1. The van der Waals surface area contributed by atoms with Gasteiger partial charge in [-0.2, -0.15) is 0 Å². The molecule has 0 N–H and O–H groups in total. The lowest BCUT2D eigenvalue weighted by Gasteiger charge is -2.20. The maximum Gasteiger partial charge on any atom is 0.280 e. The number of rotatable bonds is 5. The quantitative estimate of drug-likeness (QED) is 0.336. The zero-order valence-corrected chi connectivity index (χ0v) is 9.42. The smallest absolute Gasteiger partial charge is 0.280 e. The van der Waals surface area contributed by atoms with Gasteiger partial charge in [0.25, 0.3) is 5.69 Å². The summed E-state index contributed by atoms with van der Waals surface area (Å²) in [6, 6.07) is 4.39. The Morgan fingerprint density at radius 1 is 1.59 bits per heavy atom. The average Bonchev–Trinajstić information content (AvgIpc) is 2.34. The van der Waals surface area contributed by atoms with Crippen LogP contribution in [0.15, 0.2) is 18.2 Å². The molecule has 0 atom stereocenters. The first-order valence-electron chi connectivity index (χ1n) is 5.06. The van der Waals surface area contributed by atoms with Crippen LogP contribution in [-0.4, -0.2) is 24.3 Å². The number of hydrogen-bond acceptors (Lipinski definition) is 4. The fourth-order valence-electron chi connectivity index (χ4n) is 1.50. The van der Waals surface area contributed by atoms with Crippen molar-refractivity contribution in [3.63, 3.8) is 0 Å². The van der Waals surface area contributed by atoms with E-state index in [4.69, 9.17) is 6.42 Å². The maximum absolute atomic E-state index is 10.8. The molecule has 0 aliphatic heterocycles. The molecule has 0 unspecified atom stereocenters. The van der Waals surface area contributed by atoms with Crippen LogP contribution < -0.4 is 4.90 Å². The van der Waals surface area contributed by atoms with E-state index in [2.05, 4.69) is 5.92 Å². The first-order valence-corrected chi connectivity index (χ1v) is 5.06. The number of carbonyl (C=O) groups is 1. The van der Waals surface area contributed by atoms with Crippen LogP contribution in [0, 0.1) is 22.5 Å². The number of hydrogen-bond donors (Lipinski definition) is 0. The van der Waals surface area contributed by atoms with Crippen LogP contribution in [0.5, 0.6) is 0 Å². The third-order valence-corrected chi connectivity index (χ3v) is 2.36. The van der Waals surface area contributed by atoms with E-state index in [9.17, 15) is 14.9 Å². The molecule has 0 radical (unpaired) electrons. The molecular formula is C12H12N2O3. The van der Waals surface area contributed by atoms with Gasteiger partial charge < -0.3 is 4.90 Å². The number of terminal acetylenes is 1. The molecule has 5 nitrogen and oxygen atoms in total. The van der Waals surface area contributed by atoms with Gasteiger partial charge in [-0.15, -0.1) is 6.42 Å². The maximum atomic E-state index is 10.8. The third-order valence-electron chi connectivity index (χ3n) is 2.36. The van der Waals surface area contributed by atoms with Gasteiger partial charge >= 0.3 is 0 Å². The Balaban J connectivity index is 3.17. The van der Waals surface area contributed by atoms with E-state index in [1.807, 2.05) is 11.8 Å². The van der Waals surface area contributed by atoms with Gasteiger partial charge in [0, 0.05) is 18.3 Å². The van der Waals surface area contributed by atoms with Crippen molar-refractivity contribution in [2.75, 3.05) is 18.0 Å². The summed E-state index contributed by atoms with van der Waals surface area (Å²) in [4.78, 5) is 22.7. The number of nitro groups is 1. The van der Waals surface area contributed by atoms with Crippen molar-refractivity contribution in [3.8, 4) is 12.3 Å². The lowest BCUT2D eigenvalue weighted by atomic mass is 10.1. The van der Waals surface area contributed by atoms with Crippen LogP contribution in [0.2, 0.25) is 0 Å². The third kappa shape index (κ3) is 2.82. The molecule has 0 fully saturated rings. The summed E-state index contributed by atoms with van der Waals surface area (Å²) in [6.45, 7) is 2.98. The molecule has 88 valence electrons. The first kappa shape index (κ1) is 12.7. The predicted molar refractivity (Wildman–Crippen MR) is 65.2 cm³/mol. The average molecular weight is 232 g/mol. The number of carbonyl (C=O) groups excluding carboxylic acids is 1. The number of anilines is 1. The highest BCUT2D eigenvalue weighted by Crippen LogP contribution is 2.23. The summed E-state index contributed by atoms with van der Waals surface area (Å²) in [6.07, 6.45) is 5.70. The SMILES string of the molecule is C#CCN(CC)c1ccc([N+](=O)[O-])c(C=O)c1. The summed E-state index contributed by atoms with van der Waals surface area (Å²) in [5.74, 6) is 2.50. The molecule has 1 aromatic rings. The monoisotopic (exact) mass is 232 g/mol. The molecule has 0 amide bonds. The predicted octanol–water partition coefficient (Wildman–Crippen LogP) is 1.87. The molecule has 5 heteroatoms. The second-order valence-electron chi connectivity index (χ2n) is 3.34. The topological polar surface area (TPSA) is 63.4 Å². The van der Waals surface area contributed by atoms with Gasteiger partial charge in [0.1, 0.15) is 0 Å². The first-order chi connectivity index (χ1) is 8.13. The van der Waals surface area contributed by atoms with Crippen molar-refractivity contribution in [1.29, 1.82) is 0 Å². The molecule has 1 rings (SSSR count). The molecule has 17 heavy (non-hydrogen) atoms. The van der Waals surface area contributed by atoms with E-state index >= 15 is 0 Å². The summed E-state index contributed by atoms with van der Waals surface area (Å²) < 4.78 is 0. The number of nitrogens with zero attached hydrogens (tertiary/aromatic N) is 2. The van der Waals surface area contributed by atoms with Crippen LogP contribution in [0.1, 0.15) is 17.3 Å². The molecule has 0 bridgehead atoms. The highest BCUT2D eigenvalue weighted by Gasteiger charge is 2.15. The molecule has 0 spiro atoms. The summed E-state index contributed by atoms with van der Waals surface area (Å²) in [5, 5.41) is 10.7. The van der Waals surface area contributed by atoms with Crippen LogP contribution in [0.4, 0.5) is 11.4 Å². The van der Waals surface area contributed by atoms with E-state index in [1.165, 1.54) is 12.1 Å². The van der Waals surface area contributed by atoms with Gasteiger partial charge in [-0.3, -0.25) is 14.9 Å². The van der Waals surface area contributed by atoms with Crippen LogP contribution in [-0.2, 0) is 0 Å². The Hall–Kier alpha value is -2.35. The van der Waals surface area contributed by atoms with Gasteiger partial charge in [-0.1, -0.05) is 5.92 Å². The van der Waals surface area contributed by atoms with Crippen molar-refractivity contribution < 1.29 is 9.72 Å². The Morgan fingerprint density at radius 3 is 2.76 bits per heavy atom. The minimum absolute atomic E-state index is 0.0583. The lowest BCUT2D eigenvalue weighted by molar-refractivity contribution is -0.385. The largest absolute Gasteiger partial charge is 0.361 e. The second-order valence-corrected chi connectivity index (χ2v) is 3.34. The Morgan fingerprint density at radius 2 is 2.29 bits per heavy atom. The molecule has 0 aromatic heterocycles. The zero-order valence-electron chi connectivity index (χ0n) is 9.42. The molecule has 0 saturated carbocycles. The molecular weight excluding hydrogens is 220 g/mol. The highest BCUT2D eigenvalue weighted by atomic mass is 16.6. The molecule has 0 aliphatic rings. The van der Waals surface area contributed by atoms with E-state index in [0.29, 0.717) is 25.1 Å². The zero-order chi connectivity index (χ0) is 12.8. The van der Waals surface area contributed by atoms with E-state index < -0.39 is 4.92 Å². The van der Waals surface area contributed by atoms with Crippen molar-refractivity contribution in [2.24, 2.45) is 0 Å². The van der Waals surface area contributed by atoms with Crippen LogP contribution in [0.25, 0.3) is 0 Å². The second kappa shape index (κ2) is 5.66. The minimum Gasteiger partial charge on any atom is -0.361 e. The van der Waals surface area contributed by atoms with Crippen molar-refractivity contribution in [1.82, 2.24) is 0 Å². The Kier molecular flexibility index (Phi) is 4.23. The Bertz CT molecular complexity index is 477. The van der Waals surface area contributed by atoms with Crippen molar-refractivity contribution >= 4 is 17.7 Å². The van der Waals surface area contributed by atoms with Gasteiger partial charge in [-0.25, -0.2) is 0 Å². The summed E-state index contributed by atoms with van der Waals surface area (Å²) in [5.41, 5.74) is 0.571. The van der Waals surface area contributed by atoms with Crippen LogP contribution >= 0.6 is 0 Å². The minimum atomic E-state index is -0.578. The molecule has 0 aliphatic carbocycles. The van der Waals surface area contributed by atoms with Gasteiger partial charge in [-0.05, 0) is 19.1 Å². The van der Waals surface area contributed by atoms with E-state index in [-0.39, 0.29) is 11.3 Å². The summed E-state index contributed by atoms with van der Waals surface area (Å²) in [7, 11) is 0.